The van der Waals surface area contributed by atoms with E-state index in [-0.39, 0.29) is 12.5 Å². The van der Waals surface area contributed by atoms with Crippen LogP contribution in [0.4, 0.5) is 5.69 Å². The number of carbonyl (C=O) groups excluding carboxylic acids is 1. The zero-order chi connectivity index (χ0) is 15.7. The van der Waals surface area contributed by atoms with Crippen LogP contribution in [0.5, 0.6) is 0 Å². The maximum absolute atomic E-state index is 12.3. The minimum absolute atomic E-state index is 0.140. The van der Waals surface area contributed by atoms with Gasteiger partial charge < -0.3 is 16.0 Å². The van der Waals surface area contributed by atoms with Gasteiger partial charge in [-0.15, -0.1) is 0 Å². The molecule has 0 bridgehead atoms. The fraction of sp³-hybridized carbons (Fsp3) is 0.176. The van der Waals surface area contributed by atoms with Crippen LogP contribution in [-0.2, 0) is 4.79 Å². The summed E-state index contributed by atoms with van der Waals surface area (Å²) in [6, 6.07) is 3.84. The lowest BCUT2D eigenvalue weighted by molar-refractivity contribution is -0.110. The van der Waals surface area contributed by atoms with Crippen LogP contribution in [0.15, 0.2) is 18.5 Å². The van der Waals surface area contributed by atoms with Gasteiger partial charge in [-0.25, -0.2) is 4.98 Å². The molecular formula is C17H16N4O. The number of benzene rings is 1. The molecule has 1 aliphatic rings. The van der Waals surface area contributed by atoms with Crippen molar-refractivity contribution in [2.45, 2.75) is 13.8 Å². The molecule has 0 radical (unpaired) electrons. The lowest BCUT2D eigenvalue weighted by Gasteiger charge is -2.06. The summed E-state index contributed by atoms with van der Waals surface area (Å²) in [4.78, 5) is 19.6. The van der Waals surface area contributed by atoms with Gasteiger partial charge in [0.1, 0.15) is 0 Å². The standard InChI is InChI=1S/C17H16N4O/c1-10-5-6-14-16(12(10)4-3-7-18)13(17(22)21-14)8-15-11(2)19-9-20-15/h5-6,8-9H,7,18H2,1-2H3,(H,19,20)(H,21,22)/b13-8-. The van der Waals surface area contributed by atoms with E-state index in [2.05, 4.69) is 27.1 Å². The number of H-pyrrole nitrogens is 1. The zero-order valence-corrected chi connectivity index (χ0v) is 12.4. The van der Waals surface area contributed by atoms with Gasteiger partial charge in [-0.05, 0) is 31.6 Å². The summed E-state index contributed by atoms with van der Waals surface area (Å²) in [5.74, 6) is 5.81. The third kappa shape index (κ3) is 2.30. The molecule has 22 heavy (non-hydrogen) atoms. The number of amides is 1. The predicted molar refractivity (Wildman–Crippen MR) is 86.9 cm³/mol. The molecule has 1 aromatic heterocycles. The third-order valence-electron chi connectivity index (χ3n) is 3.64. The number of nitrogens with zero attached hydrogens (tertiary/aromatic N) is 1. The number of aromatic amines is 1. The van der Waals surface area contributed by atoms with Crippen molar-refractivity contribution >= 4 is 23.2 Å². The molecule has 2 heterocycles. The smallest absolute Gasteiger partial charge is 0.256 e. The van der Waals surface area contributed by atoms with E-state index in [9.17, 15) is 4.79 Å². The van der Waals surface area contributed by atoms with Gasteiger partial charge in [-0.3, -0.25) is 4.79 Å². The van der Waals surface area contributed by atoms with Crippen LogP contribution in [0.3, 0.4) is 0 Å². The van der Waals surface area contributed by atoms with Crippen molar-refractivity contribution in [2.24, 2.45) is 5.73 Å². The Bertz CT molecular complexity index is 849. The SMILES string of the molecule is Cc1ccc2c(c1C#CCN)/C(=C/c1nc[nH]c1C)C(=O)N2. The summed E-state index contributed by atoms with van der Waals surface area (Å²) in [7, 11) is 0. The first-order valence-electron chi connectivity index (χ1n) is 6.97. The molecule has 0 spiro atoms. The molecule has 110 valence electrons. The monoisotopic (exact) mass is 292 g/mol. The summed E-state index contributed by atoms with van der Waals surface area (Å²) >= 11 is 0. The number of imidazole rings is 1. The Morgan fingerprint density at radius 2 is 2.18 bits per heavy atom. The minimum atomic E-state index is -0.140. The van der Waals surface area contributed by atoms with Crippen molar-refractivity contribution < 1.29 is 4.79 Å². The Labute approximate surface area is 128 Å². The second-order valence-electron chi connectivity index (χ2n) is 5.11. The van der Waals surface area contributed by atoms with Crippen molar-refractivity contribution in [2.75, 3.05) is 11.9 Å². The molecule has 0 saturated carbocycles. The molecule has 0 saturated heterocycles. The molecule has 1 aromatic carbocycles. The average molecular weight is 292 g/mol. The molecule has 0 atom stereocenters. The molecular weight excluding hydrogens is 276 g/mol. The molecule has 2 aromatic rings. The van der Waals surface area contributed by atoms with E-state index in [0.717, 1.165) is 33.8 Å². The maximum atomic E-state index is 12.3. The number of rotatable bonds is 1. The van der Waals surface area contributed by atoms with Gasteiger partial charge in [-0.2, -0.15) is 0 Å². The molecule has 5 heteroatoms. The van der Waals surface area contributed by atoms with Gasteiger partial charge in [-0.1, -0.05) is 17.9 Å². The van der Waals surface area contributed by atoms with Crippen molar-refractivity contribution in [1.29, 1.82) is 0 Å². The highest BCUT2D eigenvalue weighted by atomic mass is 16.2. The topological polar surface area (TPSA) is 83.8 Å². The van der Waals surface area contributed by atoms with Gasteiger partial charge in [0.2, 0.25) is 0 Å². The summed E-state index contributed by atoms with van der Waals surface area (Å²) in [5.41, 5.74) is 11.2. The van der Waals surface area contributed by atoms with Crippen molar-refractivity contribution in [3.8, 4) is 11.8 Å². The van der Waals surface area contributed by atoms with Crippen LogP contribution in [0.1, 0.15) is 28.1 Å². The number of nitrogens with two attached hydrogens (primary N) is 1. The Kier molecular flexibility index (Phi) is 3.53. The van der Waals surface area contributed by atoms with Crippen LogP contribution in [0.25, 0.3) is 11.6 Å². The molecule has 3 rings (SSSR count). The number of carbonyl (C=O) groups is 1. The second kappa shape index (κ2) is 5.51. The second-order valence-corrected chi connectivity index (χ2v) is 5.11. The van der Waals surface area contributed by atoms with Crippen LogP contribution in [-0.4, -0.2) is 22.4 Å². The average Bonchev–Trinajstić information content (AvgIpc) is 3.03. The zero-order valence-electron chi connectivity index (χ0n) is 12.4. The highest BCUT2D eigenvalue weighted by molar-refractivity contribution is 6.35. The summed E-state index contributed by atoms with van der Waals surface area (Å²) in [6.07, 6.45) is 3.40. The normalized spacial score (nSPS) is 14.5. The highest BCUT2D eigenvalue weighted by Gasteiger charge is 2.27. The molecule has 0 aliphatic carbocycles. The third-order valence-corrected chi connectivity index (χ3v) is 3.64. The minimum Gasteiger partial charge on any atom is -0.348 e. The summed E-state index contributed by atoms with van der Waals surface area (Å²) in [6.45, 7) is 4.17. The molecule has 4 N–H and O–H groups in total. The molecule has 5 nitrogen and oxygen atoms in total. The van der Waals surface area contributed by atoms with Gasteiger partial charge >= 0.3 is 0 Å². The van der Waals surface area contributed by atoms with Crippen LogP contribution in [0, 0.1) is 25.7 Å². The number of hydrogen-bond acceptors (Lipinski definition) is 3. The van der Waals surface area contributed by atoms with Crippen molar-refractivity contribution in [3.63, 3.8) is 0 Å². The summed E-state index contributed by atoms with van der Waals surface area (Å²) in [5, 5.41) is 2.88. The van der Waals surface area contributed by atoms with Crippen LogP contribution < -0.4 is 11.1 Å². The van der Waals surface area contributed by atoms with Crippen molar-refractivity contribution in [1.82, 2.24) is 9.97 Å². The Hall–Kier alpha value is -2.84. The first kappa shape index (κ1) is 14.1. The Morgan fingerprint density at radius 1 is 1.36 bits per heavy atom. The number of hydrogen-bond donors (Lipinski definition) is 3. The van der Waals surface area contributed by atoms with Gasteiger partial charge in [0.05, 0.1) is 29.8 Å². The van der Waals surface area contributed by atoms with Gasteiger partial charge in [0, 0.05) is 16.8 Å². The number of nitrogens with one attached hydrogen (secondary N) is 2. The quantitative estimate of drug-likeness (QED) is 0.554. The lowest BCUT2D eigenvalue weighted by Crippen LogP contribution is -2.03. The van der Waals surface area contributed by atoms with Crippen LogP contribution in [0.2, 0.25) is 0 Å². The maximum Gasteiger partial charge on any atom is 0.256 e. The largest absolute Gasteiger partial charge is 0.348 e. The Morgan fingerprint density at radius 3 is 2.86 bits per heavy atom. The molecule has 1 aliphatic heterocycles. The number of aromatic nitrogens is 2. The van der Waals surface area contributed by atoms with Gasteiger partial charge in [0.25, 0.3) is 5.91 Å². The fourth-order valence-electron chi connectivity index (χ4n) is 2.48. The van der Waals surface area contributed by atoms with E-state index in [0.29, 0.717) is 5.57 Å². The highest BCUT2D eigenvalue weighted by Crippen LogP contribution is 2.37. The molecule has 0 unspecified atom stereocenters. The van der Waals surface area contributed by atoms with E-state index in [4.69, 9.17) is 5.73 Å². The van der Waals surface area contributed by atoms with Gasteiger partial charge in [0.15, 0.2) is 0 Å². The van der Waals surface area contributed by atoms with E-state index in [1.807, 2.05) is 26.0 Å². The Balaban J connectivity index is 2.22. The van der Waals surface area contributed by atoms with E-state index >= 15 is 0 Å². The lowest BCUT2D eigenvalue weighted by atomic mass is 9.96. The number of aryl methyl sites for hydroxylation is 2. The number of fused-ring (bicyclic) bond motifs is 1. The predicted octanol–water partition coefficient (Wildman–Crippen LogP) is 1.83. The van der Waals surface area contributed by atoms with E-state index < -0.39 is 0 Å². The molecule has 0 fully saturated rings. The summed E-state index contributed by atoms with van der Waals surface area (Å²) < 4.78 is 0. The van der Waals surface area contributed by atoms with E-state index in [1.165, 1.54) is 0 Å². The van der Waals surface area contributed by atoms with Crippen molar-refractivity contribution in [3.05, 3.63) is 46.5 Å². The first-order chi connectivity index (χ1) is 10.6. The fourth-order valence-corrected chi connectivity index (χ4v) is 2.48. The van der Waals surface area contributed by atoms with Crippen LogP contribution >= 0.6 is 0 Å². The number of anilines is 1. The first-order valence-corrected chi connectivity index (χ1v) is 6.97. The molecule has 1 amide bonds. The van der Waals surface area contributed by atoms with E-state index in [1.54, 1.807) is 12.4 Å².